The SMILES string of the molecule is CNC(Cc1cncc(Br)c1)Cc1ccc(C)c(C)c1. The number of halogens is 1. The molecule has 1 aromatic heterocycles. The van der Waals surface area contributed by atoms with Gasteiger partial charge in [-0.25, -0.2) is 0 Å². The Morgan fingerprint density at radius 3 is 2.45 bits per heavy atom. The van der Waals surface area contributed by atoms with Gasteiger partial charge in [0.25, 0.3) is 0 Å². The summed E-state index contributed by atoms with van der Waals surface area (Å²) in [7, 11) is 2.02. The van der Waals surface area contributed by atoms with Gasteiger partial charge in [0, 0.05) is 22.9 Å². The largest absolute Gasteiger partial charge is 0.316 e. The topological polar surface area (TPSA) is 24.9 Å². The van der Waals surface area contributed by atoms with Gasteiger partial charge in [-0.1, -0.05) is 18.2 Å². The molecule has 20 heavy (non-hydrogen) atoms. The molecule has 0 fully saturated rings. The van der Waals surface area contributed by atoms with Crippen LogP contribution in [0.2, 0.25) is 0 Å². The van der Waals surface area contributed by atoms with Crippen LogP contribution in [0.1, 0.15) is 22.3 Å². The highest BCUT2D eigenvalue weighted by atomic mass is 79.9. The average molecular weight is 333 g/mol. The van der Waals surface area contributed by atoms with Gasteiger partial charge < -0.3 is 5.32 Å². The molecule has 0 amide bonds. The minimum atomic E-state index is 0.424. The number of likely N-dealkylation sites (N-methyl/N-ethyl adjacent to an activating group) is 1. The van der Waals surface area contributed by atoms with Gasteiger partial charge in [0.1, 0.15) is 0 Å². The van der Waals surface area contributed by atoms with E-state index >= 15 is 0 Å². The fourth-order valence-corrected chi connectivity index (χ4v) is 2.76. The van der Waals surface area contributed by atoms with Crippen LogP contribution in [0.25, 0.3) is 0 Å². The normalized spacial score (nSPS) is 12.4. The second-order valence-corrected chi connectivity index (χ2v) is 6.24. The lowest BCUT2D eigenvalue weighted by atomic mass is 9.97. The Morgan fingerprint density at radius 1 is 1.05 bits per heavy atom. The predicted molar refractivity (Wildman–Crippen MR) is 88.1 cm³/mol. The summed E-state index contributed by atoms with van der Waals surface area (Å²) in [4.78, 5) is 4.23. The number of pyridine rings is 1. The third-order valence-electron chi connectivity index (χ3n) is 3.71. The van der Waals surface area contributed by atoms with E-state index in [1.807, 2.05) is 19.4 Å². The van der Waals surface area contributed by atoms with Crippen LogP contribution in [0.4, 0.5) is 0 Å². The Bertz CT molecular complexity index is 581. The molecule has 1 N–H and O–H groups in total. The van der Waals surface area contributed by atoms with Crippen LogP contribution in [0.5, 0.6) is 0 Å². The van der Waals surface area contributed by atoms with Crippen molar-refractivity contribution in [2.24, 2.45) is 0 Å². The van der Waals surface area contributed by atoms with Crippen LogP contribution in [0.3, 0.4) is 0 Å². The number of aromatic nitrogens is 1. The van der Waals surface area contributed by atoms with Gasteiger partial charge in [-0.2, -0.15) is 0 Å². The number of nitrogens with one attached hydrogen (secondary N) is 1. The predicted octanol–water partition coefficient (Wildman–Crippen LogP) is 3.83. The van der Waals surface area contributed by atoms with Gasteiger partial charge in [-0.05, 0) is 78.0 Å². The first kappa shape index (κ1) is 15.2. The van der Waals surface area contributed by atoms with Gasteiger partial charge >= 0.3 is 0 Å². The first-order valence-electron chi connectivity index (χ1n) is 6.91. The lowest BCUT2D eigenvalue weighted by Gasteiger charge is -2.17. The van der Waals surface area contributed by atoms with E-state index in [-0.39, 0.29) is 0 Å². The fraction of sp³-hybridized carbons (Fsp3) is 0.353. The van der Waals surface area contributed by atoms with Crippen molar-refractivity contribution in [3.05, 3.63) is 63.4 Å². The van der Waals surface area contributed by atoms with Crippen LogP contribution in [-0.4, -0.2) is 18.1 Å². The van der Waals surface area contributed by atoms with E-state index in [9.17, 15) is 0 Å². The number of nitrogens with zero attached hydrogens (tertiary/aromatic N) is 1. The van der Waals surface area contributed by atoms with Crippen LogP contribution < -0.4 is 5.32 Å². The summed E-state index contributed by atoms with van der Waals surface area (Å²) in [6.45, 7) is 4.33. The van der Waals surface area contributed by atoms with Gasteiger partial charge in [-0.15, -0.1) is 0 Å². The Labute approximate surface area is 129 Å². The van der Waals surface area contributed by atoms with E-state index in [0.717, 1.165) is 17.3 Å². The fourth-order valence-electron chi connectivity index (χ4n) is 2.34. The molecule has 2 rings (SSSR count). The number of benzene rings is 1. The van der Waals surface area contributed by atoms with E-state index in [4.69, 9.17) is 0 Å². The zero-order valence-corrected chi connectivity index (χ0v) is 13.9. The molecule has 0 aliphatic carbocycles. The van der Waals surface area contributed by atoms with Crippen molar-refractivity contribution in [1.82, 2.24) is 10.3 Å². The van der Waals surface area contributed by atoms with Gasteiger partial charge in [0.15, 0.2) is 0 Å². The summed E-state index contributed by atoms with van der Waals surface area (Å²) in [6, 6.07) is 9.29. The Morgan fingerprint density at radius 2 is 1.80 bits per heavy atom. The zero-order chi connectivity index (χ0) is 14.5. The molecule has 1 heterocycles. The van der Waals surface area contributed by atoms with E-state index in [0.29, 0.717) is 6.04 Å². The van der Waals surface area contributed by atoms with Gasteiger partial charge in [0.05, 0.1) is 0 Å². The first-order valence-corrected chi connectivity index (χ1v) is 7.70. The highest BCUT2D eigenvalue weighted by Gasteiger charge is 2.09. The second kappa shape index (κ2) is 7.00. The molecule has 0 aliphatic heterocycles. The Balaban J connectivity index is 2.07. The lowest BCUT2D eigenvalue weighted by molar-refractivity contribution is 0.555. The van der Waals surface area contributed by atoms with E-state index in [2.05, 4.69) is 64.3 Å². The van der Waals surface area contributed by atoms with Crippen molar-refractivity contribution in [2.75, 3.05) is 7.05 Å². The highest BCUT2D eigenvalue weighted by molar-refractivity contribution is 9.10. The van der Waals surface area contributed by atoms with Crippen LogP contribution >= 0.6 is 15.9 Å². The minimum Gasteiger partial charge on any atom is -0.316 e. The minimum absolute atomic E-state index is 0.424. The first-order chi connectivity index (χ1) is 9.58. The monoisotopic (exact) mass is 332 g/mol. The van der Waals surface area contributed by atoms with E-state index < -0.39 is 0 Å². The molecule has 0 saturated heterocycles. The Hall–Kier alpha value is -1.19. The van der Waals surface area contributed by atoms with Crippen LogP contribution in [0, 0.1) is 13.8 Å². The number of hydrogen-bond donors (Lipinski definition) is 1. The van der Waals surface area contributed by atoms with Crippen molar-refractivity contribution >= 4 is 15.9 Å². The molecule has 106 valence electrons. The summed E-state index contributed by atoms with van der Waals surface area (Å²) in [5.41, 5.74) is 5.35. The molecule has 2 nitrogen and oxygen atoms in total. The summed E-state index contributed by atoms with van der Waals surface area (Å²) >= 11 is 3.48. The Kier molecular flexibility index (Phi) is 5.32. The summed E-state index contributed by atoms with van der Waals surface area (Å²) in [6.07, 6.45) is 5.77. The molecule has 2 aromatic rings. The van der Waals surface area contributed by atoms with Crippen molar-refractivity contribution in [3.63, 3.8) is 0 Å². The van der Waals surface area contributed by atoms with E-state index in [1.54, 1.807) is 0 Å². The molecule has 0 aliphatic rings. The molecule has 0 spiro atoms. The zero-order valence-electron chi connectivity index (χ0n) is 12.3. The average Bonchev–Trinajstić information content (AvgIpc) is 2.42. The molecular weight excluding hydrogens is 312 g/mol. The summed E-state index contributed by atoms with van der Waals surface area (Å²) in [5.74, 6) is 0. The summed E-state index contributed by atoms with van der Waals surface area (Å²) < 4.78 is 1.04. The number of rotatable bonds is 5. The van der Waals surface area contributed by atoms with Crippen molar-refractivity contribution < 1.29 is 0 Å². The van der Waals surface area contributed by atoms with E-state index in [1.165, 1.54) is 22.3 Å². The lowest BCUT2D eigenvalue weighted by Crippen LogP contribution is -2.30. The molecule has 0 radical (unpaired) electrons. The molecule has 0 bridgehead atoms. The summed E-state index contributed by atoms with van der Waals surface area (Å²) in [5, 5.41) is 3.41. The quantitative estimate of drug-likeness (QED) is 0.899. The third kappa shape index (κ3) is 4.15. The third-order valence-corrected chi connectivity index (χ3v) is 4.14. The number of hydrogen-bond acceptors (Lipinski definition) is 2. The van der Waals surface area contributed by atoms with Crippen LogP contribution in [-0.2, 0) is 12.8 Å². The molecular formula is C17H21BrN2. The molecule has 1 atom stereocenters. The van der Waals surface area contributed by atoms with Crippen molar-refractivity contribution in [3.8, 4) is 0 Å². The number of aryl methyl sites for hydroxylation is 2. The maximum absolute atomic E-state index is 4.23. The van der Waals surface area contributed by atoms with Crippen molar-refractivity contribution in [1.29, 1.82) is 0 Å². The maximum atomic E-state index is 4.23. The second-order valence-electron chi connectivity index (χ2n) is 5.32. The smallest absolute Gasteiger partial charge is 0.0410 e. The highest BCUT2D eigenvalue weighted by Crippen LogP contribution is 2.15. The molecule has 1 aromatic carbocycles. The maximum Gasteiger partial charge on any atom is 0.0410 e. The molecule has 3 heteroatoms. The molecule has 1 unspecified atom stereocenters. The van der Waals surface area contributed by atoms with Gasteiger partial charge in [0.2, 0.25) is 0 Å². The molecule has 0 saturated carbocycles. The standard InChI is InChI=1S/C17H21BrN2/c1-12-4-5-14(6-13(12)2)8-17(19-3)9-15-7-16(18)11-20-10-15/h4-7,10-11,17,19H,8-9H2,1-3H3. The van der Waals surface area contributed by atoms with Crippen LogP contribution in [0.15, 0.2) is 41.1 Å². The van der Waals surface area contributed by atoms with Gasteiger partial charge in [-0.3, -0.25) is 4.98 Å². The van der Waals surface area contributed by atoms with Crippen molar-refractivity contribution in [2.45, 2.75) is 32.7 Å².